The highest BCUT2D eigenvalue weighted by Gasteiger charge is 2.18. The zero-order chi connectivity index (χ0) is 30.4. The third-order valence-corrected chi connectivity index (χ3v) is 7.20. The maximum absolute atomic E-state index is 12.5. The first kappa shape index (κ1) is 38.9. The van der Waals surface area contributed by atoms with Crippen LogP contribution in [0.2, 0.25) is 0 Å². The number of esters is 1. The Kier molecular flexibility index (Phi) is 27.8. The molecule has 0 bridgehead atoms. The van der Waals surface area contributed by atoms with E-state index in [0.717, 1.165) is 57.8 Å². The summed E-state index contributed by atoms with van der Waals surface area (Å²) in [5, 5.41) is 11.8. The summed E-state index contributed by atoms with van der Waals surface area (Å²) in [6, 6.07) is -0.868. The van der Waals surface area contributed by atoms with Crippen LogP contribution < -0.4 is 11.1 Å². The lowest BCUT2D eigenvalue weighted by Gasteiger charge is -2.15. The molecule has 0 aliphatic carbocycles. The average Bonchev–Trinajstić information content (AvgIpc) is 2.95. The lowest BCUT2D eigenvalue weighted by Crippen LogP contribution is -2.40. The number of carboxylic acids is 1. The molecule has 0 aliphatic rings. The Hall–Kier alpha value is -2.15. The average molecular weight is 579 g/mol. The number of nitrogens with two attached hydrogens (primary N) is 1. The van der Waals surface area contributed by atoms with Crippen molar-refractivity contribution in [3.63, 3.8) is 0 Å². The highest BCUT2D eigenvalue weighted by atomic mass is 16.5. The van der Waals surface area contributed by atoms with Crippen LogP contribution in [0.3, 0.4) is 0 Å². The Morgan fingerprint density at radius 2 is 1.32 bits per heavy atom. The van der Waals surface area contributed by atoms with Gasteiger partial charge in [-0.1, -0.05) is 89.9 Å². The second kappa shape index (κ2) is 29.3. The van der Waals surface area contributed by atoms with Crippen molar-refractivity contribution in [1.29, 1.82) is 0 Å². The normalized spacial score (nSPS) is 13.0. The van der Waals surface area contributed by atoms with Gasteiger partial charge in [-0.15, -0.1) is 0 Å². The lowest BCUT2D eigenvalue weighted by molar-refractivity contribution is -0.147. The lowest BCUT2D eigenvalue weighted by atomic mass is 10.1. The number of unbranched alkanes of at least 4 members (excludes halogenated alkanes) is 13. The van der Waals surface area contributed by atoms with Crippen LogP contribution in [0.25, 0.3) is 0 Å². The first-order valence-corrected chi connectivity index (χ1v) is 16.7. The highest BCUT2D eigenvalue weighted by Crippen LogP contribution is 2.15. The van der Waals surface area contributed by atoms with Crippen LogP contribution in [0.5, 0.6) is 0 Å². The van der Waals surface area contributed by atoms with E-state index >= 15 is 0 Å². The first-order chi connectivity index (χ1) is 19.9. The molecule has 0 heterocycles. The summed E-state index contributed by atoms with van der Waals surface area (Å²) in [5.41, 5.74) is 5.45. The van der Waals surface area contributed by atoms with Crippen LogP contribution in [0.4, 0.5) is 0 Å². The zero-order valence-electron chi connectivity index (χ0n) is 26.4. The Morgan fingerprint density at radius 1 is 0.707 bits per heavy atom. The number of nitrogens with one attached hydrogen (secondary N) is 1. The van der Waals surface area contributed by atoms with Crippen LogP contribution in [-0.4, -0.2) is 41.6 Å². The number of allylic oxidation sites excluding steroid dienone is 3. The molecule has 7 nitrogen and oxygen atoms in total. The molecule has 0 saturated carbocycles. The number of amides is 1. The van der Waals surface area contributed by atoms with Crippen molar-refractivity contribution in [2.75, 3.05) is 6.54 Å². The second-order valence-electron chi connectivity index (χ2n) is 11.2. The molecule has 41 heavy (non-hydrogen) atoms. The molecule has 0 radical (unpaired) electrons. The molecule has 0 aromatic carbocycles. The van der Waals surface area contributed by atoms with Gasteiger partial charge < -0.3 is 20.9 Å². The number of carbonyl (C=O) groups is 3. The predicted octanol–water partition coefficient (Wildman–Crippen LogP) is 8.16. The molecule has 0 aromatic heterocycles. The Morgan fingerprint density at radius 3 is 2.00 bits per heavy atom. The fourth-order valence-corrected chi connectivity index (χ4v) is 4.65. The molecular formula is C34H62N2O5. The summed E-state index contributed by atoms with van der Waals surface area (Å²) in [6.45, 7) is 4.81. The number of carbonyl (C=O) groups excluding carboxylic acids is 2. The first-order valence-electron chi connectivity index (χ1n) is 16.7. The van der Waals surface area contributed by atoms with E-state index in [-0.39, 0.29) is 18.0 Å². The third kappa shape index (κ3) is 26.5. The summed E-state index contributed by atoms with van der Waals surface area (Å²) in [7, 11) is 0. The van der Waals surface area contributed by atoms with E-state index in [0.29, 0.717) is 38.6 Å². The van der Waals surface area contributed by atoms with Crippen LogP contribution in [0, 0.1) is 0 Å². The van der Waals surface area contributed by atoms with Crippen molar-refractivity contribution in [2.45, 2.75) is 167 Å². The molecule has 2 atom stereocenters. The molecular weight excluding hydrogens is 516 g/mol. The fraction of sp³-hybridized carbons (Fsp3) is 0.794. The van der Waals surface area contributed by atoms with Gasteiger partial charge in [0.05, 0.1) is 0 Å². The maximum atomic E-state index is 12.5. The number of carboxylic acid groups (broad SMARTS) is 1. The molecule has 0 aliphatic heterocycles. The highest BCUT2D eigenvalue weighted by molar-refractivity contribution is 5.83. The Balaban J connectivity index is 4.32. The van der Waals surface area contributed by atoms with Gasteiger partial charge in [-0.2, -0.15) is 0 Å². The van der Waals surface area contributed by atoms with E-state index in [1.165, 1.54) is 51.4 Å². The minimum atomic E-state index is -1.02. The van der Waals surface area contributed by atoms with Crippen molar-refractivity contribution in [3.8, 4) is 0 Å². The van der Waals surface area contributed by atoms with Crippen LogP contribution in [0.1, 0.15) is 155 Å². The number of aliphatic carboxylic acids is 1. The molecule has 0 rings (SSSR count). The van der Waals surface area contributed by atoms with Gasteiger partial charge in [-0.05, 0) is 83.2 Å². The Labute approximate surface area is 251 Å². The molecule has 1 amide bonds. The smallest absolute Gasteiger partial charge is 0.326 e. The molecule has 2 unspecified atom stereocenters. The zero-order valence-corrected chi connectivity index (χ0v) is 26.4. The van der Waals surface area contributed by atoms with Gasteiger partial charge in [0.15, 0.2) is 0 Å². The number of hydrogen-bond donors (Lipinski definition) is 3. The number of ether oxygens (including phenoxy) is 1. The van der Waals surface area contributed by atoms with Crippen molar-refractivity contribution in [1.82, 2.24) is 5.32 Å². The summed E-state index contributed by atoms with van der Waals surface area (Å²) in [5.74, 6) is -1.35. The van der Waals surface area contributed by atoms with Crippen LogP contribution in [0.15, 0.2) is 24.3 Å². The molecule has 0 fully saturated rings. The summed E-state index contributed by atoms with van der Waals surface area (Å²) >= 11 is 0. The Bertz CT molecular complexity index is 707. The second-order valence-corrected chi connectivity index (χ2v) is 11.2. The van der Waals surface area contributed by atoms with Gasteiger partial charge in [0.1, 0.15) is 12.1 Å². The molecule has 0 spiro atoms. The van der Waals surface area contributed by atoms with E-state index < -0.39 is 12.0 Å². The van der Waals surface area contributed by atoms with Gasteiger partial charge in [0.2, 0.25) is 5.91 Å². The summed E-state index contributed by atoms with van der Waals surface area (Å²) in [4.78, 5) is 35.9. The van der Waals surface area contributed by atoms with Crippen molar-refractivity contribution < 1.29 is 24.2 Å². The predicted molar refractivity (Wildman–Crippen MR) is 170 cm³/mol. The summed E-state index contributed by atoms with van der Waals surface area (Å²) < 4.78 is 5.84. The van der Waals surface area contributed by atoms with E-state index in [9.17, 15) is 19.5 Å². The molecule has 0 saturated heterocycles. The number of rotatable bonds is 29. The quantitative estimate of drug-likeness (QED) is 0.0468. The monoisotopic (exact) mass is 578 g/mol. The van der Waals surface area contributed by atoms with Crippen molar-refractivity contribution in [3.05, 3.63) is 24.3 Å². The maximum Gasteiger partial charge on any atom is 0.326 e. The van der Waals surface area contributed by atoms with Gasteiger partial charge in [0.25, 0.3) is 0 Å². The topological polar surface area (TPSA) is 119 Å². The van der Waals surface area contributed by atoms with E-state index in [4.69, 9.17) is 10.5 Å². The largest absolute Gasteiger partial charge is 0.480 e. The van der Waals surface area contributed by atoms with Crippen molar-refractivity contribution in [2.24, 2.45) is 5.73 Å². The van der Waals surface area contributed by atoms with Crippen molar-refractivity contribution >= 4 is 17.8 Å². The molecule has 4 N–H and O–H groups in total. The van der Waals surface area contributed by atoms with E-state index in [1.54, 1.807) is 0 Å². The van der Waals surface area contributed by atoms with E-state index in [2.05, 4.69) is 43.5 Å². The van der Waals surface area contributed by atoms with Gasteiger partial charge >= 0.3 is 11.9 Å². The minimum Gasteiger partial charge on any atom is -0.480 e. The molecule has 7 heteroatoms. The fourth-order valence-electron chi connectivity index (χ4n) is 4.65. The third-order valence-electron chi connectivity index (χ3n) is 7.20. The SMILES string of the molecule is CCC/C=C\CCCCCCCC(=O)OC(/C=C\CCCCCC)CCCCCCC(=O)NC(CCCN)C(=O)O. The minimum absolute atomic E-state index is 0.104. The number of hydrogen-bond acceptors (Lipinski definition) is 5. The van der Waals surface area contributed by atoms with Gasteiger partial charge in [-0.3, -0.25) is 9.59 Å². The summed E-state index contributed by atoms with van der Waals surface area (Å²) in [6.07, 6.45) is 29.5. The van der Waals surface area contributed by atoms with Gasteiger partial charge in [0, 0.05) is 12.8 Å². The molecule has 238 valence electrons. The van der Waals surface area contributed by atoms with Gasteiger partial charge in [-0.25, -0.2) is 4.79 Å². The van der Waals surface area contributed by atoms with Crippen LogP contribution in [-0.2, 0) is 19.1 Å². The molecule has 0 aromatic rings. The van der Waals surface area contributed by atoms with E-state index in [1.807, 2.05) is 0 Å². The van der Waals surface area contributed by atoms with Crippen LogP contribution >= 0.6 is 0 Å². The standard InChI is InChI=1S/C34H62N2O5/c1-3-5-7-9-11-12-13-14-16-22-28-33(38)41-30(24-19-15-10-8-6-4-2)25-20-17-18-21-27-32(37)36-31(34(39)40)26-23-29-35/h7,9,19,24,30-31H,3-6,8,10-18,20-23,25-29,35H2,1-2H3,(H,36,37)(H,39,40)/b9-7-,24-19-.